The molecule has 0 amide bonds. The molecule has 1 saturated carbocycles. The zero-order valence-corrected chi connectivity index (χ0v) is 12.8. The zero-order valence-electron chi connectivity index (χ0n) is 12.8. The molecule has 0 radical (unpaired) electrons. The van der Waals surface area contributed by atoms with E-state index in [0.717, 1.165) is 17.8 Å². The molecule has 2 rings (SSSR count). The largest absolute Gasteiger partial charge is 0.495 e. The zero-order chi connectivity index (χ0) is 15.2. The molecule has 0 bridgehead atoms. The molecule has 2 N–H and O–H groups in total. The summed E-state index contributed by atoms with van der Waals surface area (Å²) in [7, 11) is 3.37. The lowest BCUT2D eigenvalue weighted by atomic mass is 10.1. The third-order valence-corrected chi connectivity index (χ3v) is 3.98. The molecule has 1 aromatic carbocycles. The number of likely N-dealkylation sites (N-methyl/N-ethyl adjacent to an activating group) is 1. The van der Waals surface area contributed by atoms with Gasteiger partial charge in [-0.15, -0.1) is 0 Å². The third-order valence-electron chi connectivity index (χ3n) is 3.98. The fourth-order valence-electron chi connectivity index (χ4n) is 2.83. The number of hydrogen-bond donors (Lipinski definition) is 2. The van der Waals surface area contributed by atoms with E-state index < -0.39 is 5.97 Å². The Morgan fingerprint density at radius 2 is 2.14 bits per heavy atom. The van der Waals surface area contributed by atoms with Gasteiger partial charge in [-0.2, -0.15) is 0 Å². The maximum Gasteiger partial charge on any atom is 0.323 e. The van der Waals surface area contributed by atoms with Crippen molar-refractivity contribution in [1.29, 1.82) is 0 Å². The van der Waals surface area contributed by atoms with E-state index in [0.29, 0.717) is 11.8 Å². The number of methoxy groups -OCH3 is 1. The number of benzene rings is 1. The first-order valence-electron chi connectivity index (χ1n) is 7.43. The standard InChI is InChI=1S/C16H24N2O3/c1-18(11-16(19)20)14-8-7-12(9-15(14)21-2)10-17-13-5-3-4-6-13/h7-9,13,17H,3-6,10-11H2,1-2H3,(H,19,20). The van der Waals surface area contributed by atoms with Crippen LogP contribution in [-0.4, -0.2) is 37.8 Å². The van der Waals surface area contributed by atoms with Gasteiger partial charge < -0.3 is 20.1 Å². The summed E-state index contributed by atoms with van der Waals surface area (Å²) in [6.07, 6.45) is 5.16. The highest BCUT2D eigenvalue weighted by Gasteiger charge is 2.15. The molecule has 116 valence electrons. The number of carbonyl (C=O) groups is 1. The Morgan fingerprint density at radius 3 is 2.76 bits per heavy atom. The maximum atomic E-state index is 10.8. The molecule has 0 saturated heterocycles. The van der Waals surface area contributed by atoms with Crippen molar-refractivity contribution >= 4 is 11.7 Å². The van der Waals surface area contributed by atoms with Crippen molar-refractivity contribution in [2.75, 3.05) is 25.6 Å². The number of carboxylic acids is 1. The van der Waals surface area contributed by atoms with Gasteiger partial charge >= 0.3 is 5.97 Å². The molecule has 0 spiro atoms. The van der Waals surface area contributed by atoms with Gasteiger partial charge in [-0.3, -0.25) is 4.79 Å². The molecule has 0 aliphatic heterocycles. The highest BCUT2D eigenvalue weighted by molar-refractivity contribution is 5.75. The van der Waals surface area contributed by atoms with E-state index in [1.54, 1.807) is 19.1 Å². The Hall–Kier alpha value is -1.75. The summed E-state index contributed by atoms with van der Waals surface area (Å²) in [5.41, 5.74) is 1.95. The number of rotatable bonds is 7. The van der Waals surface area contributed by atoms with Crippen LogP contribution in [0, 0.1) is 0 Å². The molecule has 1 aliphatic rings. The minimum atomic E-state index is -0.855. The number of ether oxygens (including phenoxy) is 1. The number of nitrogens with zero attached hydrogens (tertiary/aromatic N) is 1. The molecule has 0 unspecified atom stereocenters. The fourth-order valence-corrected chi connectivity index (χ4v) is 2.83. The van der Waals surface area contributed by atoms with Crippen LogP contribution in [0.5, 0.6) is 5.75 Å². The Labute approximate surface area is 125 Å². The van der Waals surface area contributed by atoms with Crippen molar-refractivity contribution in [2.45, 2.75) is 38.3 Å². The predicted molar refractivity (Wildman–Crippen MR) is 83.0 cm³/mol. The average molecular weight is 292 g/mol. The smallest absolute Gasteiger partial charge is 0.323 e. The van der Waals surface area contributed by atoms with Gasteiger partial charge in [0.2, 0.25) is 0 Å². The van der Waals surface area contributed by atoms with Crippen LogP contribution in [-0.2, 0) is 11.3 Å². The second-order valence-electron chi connectivity index (χ2n) is 5.62. The molecule has 5 nitrogen and oxygen atoms in total. The van der Waals surface area contributed by atoms with E-state index in [4.69, 9.17) is 9.84 Å². The molecular formula is C16H24N2O3. The van der Waals surface area contributed by atoms with Gasteiger partial charge in [0, 0.05) is 19.6 Å². The van der Waals surface area contributed by atoms with Crippen LogP contribution < -0.4 is 15.0 Å². The van der Waals surface area contributed by atoms with Crippen LogP contribution >= 0.6 is 0 Å². The van der Waals surface area contributed by atoms with E-state index in [-0.39, 0.29) is 6.54 Å². The van der Waals surface area contributed by atoms with Gasteiger partial charge in [0.05, 0.1) is 12.8 Å². The Bertz CT molecular complexity index is 484. The van der Waals surface area contributed by atoms with Crippen molar-refractivity contribution in [3.05, 3.63) is 23.8 Å². The van der Waals surface area contributed by atoms with Crippen LogP contribution in [0.25, 0.3) is 0 Å². The Kier molecular flexibility index (Phi) is 5.44. The maximum absolute atomic E-state index is 10.8. The number of anilines is 1. The fraction of sp³-hybridized carbons (Fsp3) is 0.562. The summed E-state index contributed by atoms with van der Waals surface area (Å²) < 4.78 is 5.40. The molecule has 1 aliphatic carbocycles. The quantitative estimate of drug-likeness (QED) is 0.807. The molecule has 5 heteroatoms. The normalized spacial score (nSPS) is 15.1. The van der Waals surface area contributed by atoms with Gasteiger partial charge in [-0.05, 0) is 30.5 Å². The van der Waals surface area contributed by atoms with E-state index in [2.05, 4.69) is 5.32 Å². The lowest BCUT2D eigenvalue weighted by Gasteiger charge is -2.21. The number of nitrogens with one attached hydrogen (secondary N) is 1. The van der Waals surface area contributed by atoms with Crippen molar-refractivity contribution in [3.8, 4) is 5.75 Å². The van der Waals surface area contributed by atoms with Gasteiger partial charge in [0.15, 0.2) is 0 Å². The van der Waals surface area contributed by atoms with Crippen LogP contribution in [0.4, 0.5) is 5.69 Å². The molecule has 0 aromatic heterocycles. The summed E-state index contributed by atoms with van der Waals surface area (Å²) in [6.45, 7) is 0.778. The minimum Gasteiger partial charge on any atom is -0.495 e. The molecular weight excluding hydrogens is 268 g/mol. The SMILES string of the molecule is COc1cc(CNC2CCCC2)ccc1N(C)CC(=O)O. The molecule has 1 fully saturated rings. The Morgan fingerprint density at radius 1 is 1.43 bits per heavy atom. The lowest BCUT2D eigenvalue weighted by molar-refractivity contribution is -0.135. The predicted octanol–water partition coefficient (Wildman–Crippen LogP) is 2.25. The van der Waals surface area contributed by atoms with Gasteiger partial charge in [-0.25, -0.2) is 0 Å². The summed E-state index contributed by atoms with van der Waals surface area (Å²) in [6, 6.07) is 6.56. The monoisotopic (exact) mass is 292 g/mol. The van der Waals surface area contributed by atoms with E-state index in [9.17, 15) is 4.79 Å². The van der Waals surface area contributed by atoms with Crippen LogP contribution in [0.2, 0.25) is 0 Å². The summed E-state index contributed by atoms with van der Waals surface area (Å²) in [4.78, 5) is 12.5. The summed E-state index contributed by atoms with van der Waals surface area (Å²) in [5.74, 6) is -0.143. The van der Waals surface area contributed by atoms with Gasteiger partial charge in [0.25, 0.3) is 0 Å². The highest BCUT2D eigenvalue weighted by atomic mass is 16.5. The van der Waals surface area contributed by atoms with Crippen molar-refractivity contribution in [1.82, 2.24) is 5.32 Å². The molecule has 0 heterocycles. The first-order valence-corrected chi connectivity index (χ1v) is 7.43. The number of hydrogen-bond acceptors (Lipinski definition) is 4. The first kappa shape index (κ1) is 15.6. The van der Waals surface area contributed by atoms with Gasteiger partial charge in [0.1, 0.15) is 12.3 Å². The van der Waals surface area contributed by atoms with E-state index in [1.807, 2.05) is 18.2 Å². The molecule has 0 atom stereocenters. The van der Waals surface area contributed by atoms with Crippen molar-refractivity contribution < 1.29 is 14.6 Å². The molecule has 1 aromatic rings. The third kappa shape index (κ3) is 4.36. The summed E-state index contributed by atoms with van der Waals surface area (Å²) >= 11 is 0. The number of carboxylic acid groups (broad SMARTS) is 1. The topological polar surface area (TPSA) is 61.8 Å². The first-order chi connectivity index (χ1) is 10.1. The molecule has 21 heavy (non-hydrogen) atoms. The van der Waals surface area contributed by atoms with E-state index in [1.165, 1.54) is 25.7 Å². The van der Waals surface area contributed by atoms with Crippen LogP contribution in [0.1, 0.15) is 31.2 Å². The second-order valence-corrected chi connectivity index (χ2v) is 5.62. The van der Waals surface area contributed by atoms with E-state index >= 15 is 0 Å². The Balaban J connectivity index is 2.02. The average Bonchev–Trinajstić information content (AvgIpc) is 2.97. The van der Waals surface area contributed by atoms with Crippen molar-refractivity contribution in [3.63, 3.8) is 0 Å². The van der Waals surface area contributed by atoms with Crippen LogP contribution in [0.15, 0.2) is 18.2 Å². The second kappa shape index (κ2) is 7.31. The van der Waals surface area contributed by atoms with Gasteiger partial charge in [-0.1, -0.05) is 18.9 Å². The van der Waals surface area contributed by atoms with Crippen LogP contribution in [0.3, 0.4) is 0 Å². The lowest BCUT2D eigenvalue weighted by Crippen LogP contribution is -2.26. The van der Waals surface area contributed by atoms with Crippen molar-refractivity contribution in [2.24, 2.45) is 0 Å². The number of aliphatic carboxylic acids is 1. The highest BCUT2D eigenvalue weighted by Crippen LogP contribution is 2.28. The summed E-state index contributed by atoms with van der Waals surface area (Å²) in [5, 5.41) is 12.4. The minimum absolute atomic E-state index is 0.0456.